The van der Waals surface area contributed by atoms with Crippen LogP contribution >= 0.6 is 0 Å². The van der Waals surface area contributed by atoms with Crippen LogP contribution in [-0.2, 0) is 13.0 Å². The monoisotopic (exact) mass is 448 g/mol. The quantitative estimate of drug-likeness (QED) is 0.591. The van der Waals surface area contributed by atoms with Crippen LogP contribution in [0.5, 0.6) is 0 Å². The van der Waals surface area contributed by atoms with Crippen LogP contribution in [0.1, 0.15) is 21.6 Å². The molecule has 1 aromatic carbocycles. The summed E-state index contributed by atoms with van der Waals surface area (Å²) in [6, 6.07) is 12.5. The molecule has 0 aliphatic carbocycles. The Morgan fingerprint density at radius 1 is 1.06 bits per heavy atom. The van der Waals surface area contributed by atoms with Crippen molar-refractivity contribution in [1.82, 2.24) is 24.5 Å². The van der Waals surface area contributed by atoms with Crippen molar-refractivity contribution in [2.24, 2.45) is 0 Å². The van der Waals surface area contributed by atoms with E-state index in [2.05, 4.69) is 62.4 Å². The van der Waals surface area contributed by atoms with Crippen LogP contribution in [0.4, 0.5) is 5.69 Å². The number of aliphatic hydroxyl groups is 1. The zero-order valence-electron chi connectivity index (χ0n) is 19.2. The number of imidazole rings is 1. The van der Waals surface area contributed by atoms with E-state index in [4.69, 9.17) is 0 Å². The maximum Gasteiger partial charge on any atom is 0.271 e. The minimum Gasteiger partial charge on any atom is -0.390 e. The number of nitrogens with zero attached hydrogens (tertiary/aromatic N) is 5. The minimum absolute atomic E-state index is 0.206. The van der Waals surface area contributed by atoms with Crippen LogP contribution in [0.2, 0.25) is 0 Å². The normalized spacial score (nSPS) is 18.3. The molecule has 8 heteroatoms. The van der Waals surface area contributed by atoms with Gasteiger partial charge in [-0.3, -0.25) is 9.69 Å². The second-order valence-electron chi connectivity index (χ2n) is 9.19. The third-order valence-corrected chi connectivity index (χ3v) is 6.71. The number of anilines is 1. The number of β-amino-alcohol motifs (C(OH)–C–C–N with tert-alkyl or cyclic N) is 1. The number of benzene rings is 1. The number of aliphatic hydroxyl groups excluding tert-OH is 1. The summed E-state index contributed by atoms with van der Waals surface area (Å²) in [7, 11) is 2.14. The molecule has 4 heterocycles. The zero-order chi connectivity index (χ0) is 22.8. The standard InChI is InChI=1S/C25H32N6O2/c1-28-10-12-30(13-11-28)21-6-7-24-27-23(18-31(24)16-21)25(33)26-14-22(32)17-29-9-8-19-4-2-3-5-20(19)15-29/h2-7,16,18,22,32H,8-15,17H2,1H3,(H,26,33)/t22-/m0/s1. The van der Waals surface area contributed by atoms with Gasteiger partial charge in [0.05, 0.1) is 11.8 Å². The average Bonchev–Trinajstić information content (AvgIpc) is 3.26. The van der Waals surface area contributed by atoms with Crippen molar-refractivity contribution in [2.45, 2.75) is 19.1 Å². The lowest BCUT2D eigenvalue weighted by molar-refractivity contribution is 0.0838. The highest BCUT2D eigenvalue weighted by Gasteiger charge is 2.20. The Kier molecular flexibility index (Phi) is 6.30. The van der Waals surface area contributed by atoms with Crippen molar-refractivity contribution in [3.63, 3.8) is 0 Å². The van der Waals surface area contributed by atoms with E-state index in [0.29, 0.717) is 12.2 Å². The minimum atomic E-state index is -0.625. The SMILES string of the molecule is CN1CCN(c2ccc3nc(C(=O)NC[C@H](O)CN4CCc5ccccc5C4)cn3c2)CC1. The van der Waals surface area contributed by atoms with Crippen LogP contribution in [0.15, 0.2) is 48.8 Å². The van der Waals surface area contributed by atoms with Crippen LogP contribution in [-0.4, -0.2) is 89.2 Å². The number of piperazine rings is 1. The van der Waals surface area contributed by atoms with Gasteiger partial charge in [-0.2, -0.15) is 0 Å². The number of carbonyl (C=O) groups excluding carboxylic acids is 1. The van der Waals surface area contributed by atoms with Gasteiger partial charge in [0.2, 0.25) is 0 Å². The molecule has 0 saturated carbocycles. The third kappa shape index (κ3) is 5.03. The van der Waals surface area contributed by atoms with Gasteiger partial charge in [-0.05, 0) is 36.7 Å². The number of carbonyl (C=O) groups is 1. The number of pyridine rings is 1. The number of likely N-dealkylation sites (N-methyl/N-ethyl adjacent to an activating group) is 1. The molecule has 0 radical (unpaired) electrons. The van der Waals surface area contributed by atoms with Gasteiger partial charge in [0, 0.05) is 64.8 Å². The van der Waals surface area contributed by atoms with E-state index in [1.807, 2.05) is 16.7 Å². The molecular weight excluding hydrogens is 416 g/mol. The lowest BCUT2D eigenvalue weighted by Gasteiger charge is -2.33. The number of hydrogen-bond acceptors (Lipinski definition) is 6. The number of rotatable bonds is 6. The van der Waals surface area contributed by atoms with Gasteiger partial charge in [0.25, 0.3) is 5.91 Å². The Morgan fingerprint density at radius 3 is 2.67 bits per heavy atom. The molecule has 2 aliphatic rings. The fourth-order valence-corrected chi connectivity index (χ4v) is 4.71. The van der Waals surface area contributed by atoms with Gasteiger partial charge in [-0.1, -0.05) is 24.3 Å². The highest BCUT2D eigenvalue weighted by atomic mass is 16.3. The smallest absolute Gasteiger partial charge is 0.271 e. The predicted octanol–water partition coefficient (Wildman–Crippen LogP) is 1.24. The summed E-state index contributed by atoms with van der Waals surface area (Å²) in [4.78, 5) is 24.1. The molecule has 5 rings (SSSR count). The summed E-state index contributed by atoms with van der Waals surface area (Å²) >= 11 is 0. The van der Waals surface area contributed by atoms with Crippen LogP contribution in [0.25, 0.3) is 5.65 Å². The Hall–Kier alpha value is -2.94. The van der Waals surface area contributed by atoms with E-state index in [-0.39, 0.29) is 12.5 Å². The molecule has 1 atom stereocenters. The molecule has 3 aromatic rings. The number of aromatic nitrogens is 2. The number of hydrogen-bond donors (Lipinski definition) is 2. The Morgan fingerprint density at radius 2 is 1.85 bits per heavy atom. The predicted molar refractivity (Wildman–Crippen MR) is 129 cm³/mol. The van der Waals surface area contributed by atoms with Crippen LogP contribution < -0.4 is 10.2 Å². The maximum absolute atomic E-state index is 12.7. The van der Waals surface area contributed by atoms with Gasteiger partial charge >= 0.3 is 0 Å². The lowest BCUT2D eigenvalue weighted by atomic mass is 10.00. The molecule has 1 amide bonds. The summed E-state index contributed by atoms with van der Waals surface area (Å²) in [6.45, 7) is 6.57. The van der Waals surface area contributed by atoms with Crippen molar-refractivity contribution in [3.05, 3.63) is 65.6 Å². The maximum atomic E-state index is 12.7. The molecule has 2 aliphatic heterocycles. The molecular formula is C25H32N6O2. The van der Waals surface area contributed by atoms with Gasteiger partial charge in [-0.15, -0.1) is 0 Å². The first-order chi connectivity index (χ1) is 16.0. The molecule has 8 nitrogen and oxygen atoms in total. The van der Waals surface area contributed by atoms with Crippen LogP contribution in [0.3, 0.4) is 0 Å². The molecule has 1 fully saturated rings. The zero-order valence-corrected chi connectivity index (χ0v) is 19.2. The van der Waals surface area contributed by atoms with Gasteiger partial charge in [0.15, 0.2) is 0 Å². The molecule has 33 heavy (non-hydrogen) atoms. The largest absolute Gasteiger partial charge is 0.390 e. The fourth-order valence-electron chi connectivity index (χ4n) is 4.71. The number of nitrogens with one attached hydrogen (secondary N) is 1. The second kappa shape index (κ2) is 9.51. The van der Waals surface area contributed by atoms with Gasteiger partial charge < -0.3 is 24.6 Å². The molecule has 0 bridgehead atoms. The van der Waals surface area contributed by atoms with Crippen molar-refractivity contribution < 1.29 is 9.90 Å². The Balaban J connectivity index is 1.15. The second-order valence-corrected chi connectivity index (χ2v) is 9.19. The molecule has 174 valence electrons. The molecule has 1 saturated heterocycles. The number of amides is 1. The fraction of sp³-hybridized carbons (Fsp3) is 0.440. The van der Waals surface area contributed by atoms with Crippen molar-refractivity contribution in [1.29, 1.82) is 0 Å². The summed E-state index contributed by atoms with van der Waals surface area (Å²) in [6.07, 6.45) is 4.17. The summed E-state index contributed by atoms with van der Waals surface area (Å²) in [5.74, 6) is -0.261. The van der Waals surface area contributed by atoms with E-state index in [9.17, 15) is 9.90 Å². The van der Waals surface area contributed by atoms with E-state index >= 15 is 0 Å². The van der Waals surface area contributed by atoms with E-state index in [0.717, 1.165) is 57.0 Å². The first-order valence-electron chi connectivity index (χ1n) is 11.7. The molecule has 0 spiro atoms. The van der Waals surface area contributed by atoms with E-state index < -0.39 is 6.10 Å². The molecule has 2 aromatic heterocycles. The lowest BCUT2D eigenvalue weighted by Crippen LogP contribution is -2.44. The summed E-state index contributed by atoms with van der Waals surface area (Å²) in [5, 5.41) is 13.3. The molecule has 2 N–H and O–H groups in total. The van der Waals surface area contributed by atoms with E-state index in [1.165, 1.54) is 11.1 Å². The van der Waals surface area contributed by atoms with Gasteiger partial charge in [0.1, 0.15) is 11.3 Å². The highest BCUT2D eigenvalue weighted by Crippen LogP contribution is 2.19. The Bertz CT molecular complexity index is 1120. The van der Waals surface area contributed by atoms with Crippen molar-refractivity contribution in [3.8, 4) is 0 Å². The summed E-state index contributed by atoms with van der Waals surface area (Å²) in [5.41, 5.74) is 4.95. The average molecular weight is 449 g/mol. The Labute approximate surface area is 194 Å². The highest BCUT2D eigenvalue weighted by molar-refractivity contribution is 5.92. The number of fused-ring (bicyclic) bond motifs is 2. The topological polar surface area (TPSA) is 76.3 Å². The van der Waals surface area contributed by atoms with E-state index in [1.54, 1.807) is 6.20 Å². The van der Waals surface area contributed by atoms with Crippen molar-refractivity contribution >= 4 is 17.2 Å². The first kappa shape index (κ1) is 21.9. The molecule has 0 unspecified atom stereocenters. The van der Waals surface area contributed by atoms with Crippen molar-refractivity contribution in [2.75, 3.05) is 57.8 Å². The summed E-state index contributed by atoms with van der Waals surface area (Å²) < 4.78 is 1.91. The first-order valence-corrected chi connectivity index (χ1v) is 11.7. The van der Waals surface area contributed by atoms with Gasteiger partial charge in [-0.25, -0.2) is 4.98 Å². The third-order valence-electron chi connectivity index (χ3n) is 6.71. The van der Waals surface area contributed by atoms with Crippen LogP contribution in [0, 0.1) is 0 Å².